The molecule has 0 amide bonds. The molecule has 0 aliphatic heterocycles. The van der Waals surface area contributed by atoms with Crippen molar-refractivity contribution < 1.29 is 32.5 Å². The molecule has 21 heavy (non-hydrogen) atoms. The number of esters is 1. The van der Waals surface area contributed by atoms with Gasteiger partial charge in [-0.05, 0) is 38.1 Å². The molecule has 4 nitrogen and oxygen atoms in total. The van der Waals surface area contributed by atoms with Crippen molar-refractivity contribution in [1.29, 1.82) is 0 Å². The van der Waals surface area contributed by atoms with Crippen LogP contribution in [-0.2, 0) is 14.3 Å². The Hall–Kier alpha value is -2.02. The summed E-state index contributed by atoms with van der Waals surface area (Å²) in [5, 5.41) is 9.18. The number of aromatic hydroxyl groups is 1. The highest BCUT2D eigenvalue weighted by Gasteiger charge is 2.39. The molecule has 2 unspecified atom stereocenters. The van der Waals surface area contributed by atoms with Gasteiger partial charge in [-0.15, -0.1) is 0 Å². The van der Waals surface area contributed by atoms with E-state index in [0.717, 1.165) is 6.92 Å². The molecule has 0 spiro atoms. The highest BCUT2D eigenvalue weighted by atomic mass is 19.4. The standard InChI is InChI=1S/C14H15F3O4/c1-8(2)12(19)21-13(20-9(3)14(15,16)17)10-4-6-11(18)7-5-10/h4-7,9,13,18H,1H2,2-3H3. The Morgan fingerprint density at radius 2 is 1.81 bits per heavy atom. The summed E-state index contributed by atoms with van der Waals surface area (Å²) in [4.78, 5) is 11.5. The van der Waals surface area contributed by atoms with Crippen molar-refractivity contribution in [2.75, 3.05) is 0 Å². The quantitative estimate of drug-likeness (QED) is 0.514. The summed E-state index contributed by atoms with van der Waals surface area (Å²) in [5.41, 5.74) is 0.195. The van der Waals surface area contributed by atoms with Crippen molar-refractivity contribution in [3.05, 3.63) is 42.0 Å². The Balaban J connectivity index is 2.97. The average Bonchev–Trinajstić information content (AvgIpc) is 2.37. The lowest BCUT2D eigenvalue weighted by Crippen LogP contribution is -2.31. The maximum Gasteiger partial charge on any atom is 0.414 e. The molecule has 0 fully saturated rings. The van der Waals surface area contributed by atoms with Crippen LogP contribution in [0.1, 0.15) is 25.7 Å². The van der Waals surface area contributed by atoms with Crippen LogP contribution in [0.2, 0.25) is 0 Å². The maximum atomic E-state index is 12.6. The van der Waals surface area contributed by atoms with Gasteiger partial charge in [0.2, 0.25) is 6.29 Å². The van der Waals surface area contributed by atoms with E-state index in [9.17, 15) is 23.1 Å². The minimum absolute atomic E-state index is 0.0297. The number of hydrogen-bond acceptors (Lipinski definition) is 4. The first kappa shape index (κ1) is 17.0. The van der Waals surface area contributed by atoms with E-state index in [4.69, 9.17) is 9.47 Å². The van der Waals surface area contributed by atoms with Crippen LogP contribution in [0.15, 0.2) is 36.4 Å². The fourth-order valence-corrected chi connectivity index (χ4v) is 1.27. The van der Waals surface area contributed by atoms with E-state index in [2.05, 4.69) is 6.58 Å². The first-order valence-corrected chi connectivity index (χ1v) is 5.99. The predicted octanol–water partition coefficient (Wildman–Crippen LogP) is 3.48. The number of halogens is 3. The zero-order valence-electron chi connectivity index (χ0n) is 11.5. The van der Waals surface area contributed by atoms with Gasteiger partial charge in [-0.25, -0.2) is 4.79 Å². The summed E-state index contributed by atoms with van der Waals surface area (Å²) >= 11 is 0. The van der Waals surface area contributed by atoms with E-state index < -0.39 is 24.5 Å². The van der Waals surface area contributed by atoms with Crippen molar-refractivity contribution >= 4 is 5.97 Å². The molecule has 116 valence electrons. The van der Waals surface area contributed by atoms with Gasteiger partial charge in [0.1, 0.15) is 5.75 Å². The minimum atomic E-state index is -4.59. The second kappa shape index (κ2) is 6.62. The minimum Gasteiger partial charge on any atom is -0.508 e. The third-order valence-corrected chi connectivity index (χ3v) is 2.52. The molecule has 0 saturated heterocycles. The molecule has 0 radical (unpaired) electrons. The third-order valence-electron chi connectivity index (χ3n) is 2.52. The van der Waals surface area contributed by atoms with Crippen LogP contribution in [0.5, 0.6) is 5.75 Å². The van der Waals surface area contributed by atoms with Gasteiger partial charge in [0.05, 0.1) is 0 Å². The average molecular weight is 304 g/mol. The first-order valence-electron chi connectivity index (χ1n) is 5.99. The van der Waals surface area contributed by atoms with Gasteiger partial charge in [0.25, 0.3) is 0 Å². The number of carbonyl (C=O) groups excluding carboxylic acids is 1. The van der Waals surface area contributed by atoms with Crippen LogP contribution < -0.4 is 0 Å². The van der Waals surface area contributed by atoms with Gasteiger partial charge in [-0.2, -0.15) is 13.2 Å². The summed E-state index contributed by atoms with van der Waals surface area (Å²) < 4.78 is 47.3. The number of benzene rings is 1. The molecule has 0 aliphatic carbocycles. The molecule has 1 rings (SSSR count). The van der Waals surface area contributed by atoms with E-state index >= 15 is 0 Å². The summed E-state index contributed by atoms with van der Waals surface area (Å²) in [6.07, 6.45) is -8.27. The molecule has 0 aliphatic rings. The fraction of sp³-hybridized carbons (Fsp3) is 0.357. The van der Waals surface area contributed by atoms with Crippen molar-refractivity contribution in [2.24, 2.45) is 0 Å². The van der Waals surface area contributed by atoms with E-state index in [1.165, 1.54) is 31.2 Å². The van der Waals surface area contributed by atoms with E-state index in [-0.39, 0.29) is 16.9 Å². The van der Waals surface area contributed by atoms with E-state index in [1.807, 2.05) is 0 Å². The Bertz CT molecular complexity index is 508. The van der Waals surface area contributed by atoms with Gasteiger partial charge >= 0.3 is 12.1 Å². The van der Waals surface area contributed by atoms with Crippen molar-refractivity contribution in [2.45, 2.75) is 32.4 Å². The zero-order chi connectivity index (χ0) is 16.2. The molecule has 2 atom stereocenters. The number of hydrogen-bond donors (Lipinski definition) is 1. The topological polar surface area (TPSA) is 55.8 Å². The molecule has 0 bridgehead atoms. The Morgan fingerprint density at radius 3 is 2.24 bits per heavy atom. The van der Waals surface area contributed by atoms with E-state index in [1.54, 1.807) is 0 Å². The molecule has 0 aromatic heterocycles. The summed E-state index contributed by atoms with van der Waals surface area (Å²) in [7, 11) is 0. The van der Waals surface area contributed by atoms with Crippen LogP contribution in [0.4, 0.5) is 13.2 Å². The van der Waals surface area contributed by atoms with Crippen LogP contribution in [0, 0.1) is 0 Å². The molecular formula is C14H15F3O4. The monoisotopic (exact) mass is 304 g/mol. The molecular weight excluding hydrogens is 289 g/mol. The van der Waals surface area contributed by atoms with Crippen molar-refractivity contribution in [1.82, 2.24) is 0 Å². The molecule has 1 aromatic carbocycles. The Kier molecular flexibility index (Phi) is 5.37. The predicted molar refractivity (Wildman–Crippen MR) is 68.4 cm³/mol. The van der Waals surface area contributed by atoms with Gasteiger partial charge in [0, 0.05) is 11.1 Å². The third kappa shape index (κ3) is 5.11. The van der Waals surface area contributed by atoms with Crippen LogP contribution in [-0.4, -0.2) is 23.4 Å². The molecule has 1 aromatic rings. The van der Waals surface area contributed by atoms with Crippen LogP contribution >= 0.6 is 0 Å². The van der Waals surface area contributed by atoms with Gasteiger partial charge in [0.15, 0.2) is 6.10 Å². The van der Waals surface area contributed by atoms with Crippen molar-refractivity contribution in [3.63, 3.8) is 0 Å². The Morgan fingerprint density at radius 1 is 1.29 bits per heavy atom. The normalized spacial score (nSPS) is 14.3. The second-order valence-electron chi connectivity index (χ2n) is 4.43. The van der Waals surface area contributed by atoms with Gasteiger partial charge in [-0.1, -0.05) is 6.58 Å². The summed E-state index contributed by atoms with van der Waals surface area (Å²) in [5.74, 6) is -0.949. The molecule has 0 heterocycles. The van der Waals surface area contributed by atoms with E-state index in [0.29, 0.717) is 0 Å². The second-order valence-corrected chi connectivity index (χ2v) is 4.43. The molecule has 0 saturated carbocycles. The highest BCUT2D eigenvalue weighted by Crippen LogP contribution is 2.30. The number of carbonyl (C=O) groups is 1. The first-order chi connectivity index (χ1) is 9.61. The maximum absolute atomic E-state index is 12.6. The molecule has 7 heteroatoms. The lowest BCUT2D eigenvalue weighted by Gasteiger charge is -2.24. The lowest BCUT2D eigenvalue weighted by molar-refractivity contribution is -0.264. The van der Waals surface area contributed by atoms with Gasteiger partial charge < -0.3 is 14.6 Å². The number of ether oxygens (including phenoxy) is 2. The lowest BCUT2D eigenvalue weighted by atomic mass is 10.2. The molecule has 1 N–H and O–H groups in total. The summed E-state index contributed by atoms with van der Waals surface area (Å²) in [6, 6.07) is 5.10. The largest absolute Gasteiger partial charge is 0.508 e. The SMILES string of the molecule is C=C(C)C(=O)OC(OC(C)C(F)(F)F)c1ccc(O)cc1. The van der Waals surface area contributed by atoms with Crippen LogP contribution in [0.25, 0.3) is 0 Å². The zero-order valence-corrected chi connectivity index (χ0v) is 11.5. The van der Waals surface area contributed by atoms with Crippen molar-refractivity contribution in [3.8, 4) is 5.75 Å². The van der Waals surface area contributed by atoms with Gasteiger partial charge in [-0.3, -0.25) is 0 Å². The number of rotatable bonds is 5. The smallest absolute Gasteiger partial charge is 0.414 e. The number of phenolic OH excluding ortho intramolecular Hbond substituents is 1. The fourth-order valence-electron chi connectivity index (χ4n) is 1.27. The summed E-state index contributed by atoms with van der Waals surface area (Å²) in [6.45, 7) is 5.52. The van der Waals surface area contributed by atoms with Crippen LogP contribution in [0.3, 0.4) is 0 Å². The number of alkyl halides is 3. The number of phenols is 1. The Labute approximate surface area is 119 Å². The highest BCUT2D eigenvalue weighted by molar-refractivity contribution is 5.87.